The van der Waals surface area contributed by atoms with Gasteiger partial charge in [0.1, 0.15) is 5.65 Å². The summed E-state index contributed by atoms with van der Waals surface area (Å²) in [6, 6.07) is 2.01. The maximum atomic E-state index is 11.9. The SMILES string of the molecule is CCN(C)c1nc(=O)n2cc(C)cc(C)c2n1. The Morgan fingerprint density at radius 3 is 2.71 bits per heavy atom. The number of fused-ring (bicyclic) bond motifs is 1. The number of nitrogens with zero attached hydrogens (tertiary/aromatic N) is 4. The molecule has 0 unspecified atom stereocenters. The van der Waals surface area contributed by atoms with Crippen molar-refractivity contribution in [3.05, 3.63) is 33.9 Å². The zero-order chi connectivity index (χ0) is 12.6. The van der Waals surface area contributed by atoms with E-state index < -0.39 is 0 Å². The van der Waals surface area contributed by atoms with Crippen LogP contribution in [0.3, 0.4) is 0 Å². The van der Waals surface area contributed by atoms with Crippen LogP contribution in [0.4, 0.5) is 5.95 Å². The van der Waals surface area contributed by atoms with Gasteiger partial charge in [-0.15, -0.1) is 0 Å². The molecule has 0 radical (unpaired) electrons. The number of aromatic nitrogens is 3. The Balaban J connectivity index is 2.78. The number of anilines is 1. The van der Waals surface area contributed by atoms with Crippen molar-refractivity contribution in [1.29, 1.82) is 0 Å². The molecule has 2 rings (SSSR count). The highest BCUT2D eigenvalue weighted by molar-refractivity contribution is 5.50. The summed E-state index contributed by atoms with van der Waals surface area (Å²) in [6.07, 6.45) is 1.76. The largest absolute Gasteiger partial charge is 0.356 e. The molecule has 0 spiro atoms. The smallest absolute Gasteiger partial charge is 0.344 e. The second-order valence-electron chi connectivity index (χ2n) is 4.21. The molecule has 2 aromatic rings. The first-order valence-corrected chi connectivity index (χ1v) is 5.61. The van der Waals surface area contributed by atoms with Crippen LogP contribution in [-0.2, 0) is 0 Å². The zero-order valence-electron chi connectivity index (χ0n) is 10.6. The Morgan fingerprint density at radius 1 is 1.35 bits per heavy atom. The Bertz CT molecular complexity index is 618. The third-order valence-corrected chi connectivity index (χ3v) is 2.78. The topological polar surface area (TPSA) is 50.5 Å². The predicted octanol–water partition coefficient (Wildman–Crippen LogP) is 1.16. The van der Waals surface area contributed by atoms with Crippen LogP contribution in [0, 0.1) is 13.8 Å². The van der Waals surface area contributed by atoms with E-state index in [1.165, 1.54) is 4.40 Å². The van der Waals surface area contributed by atoms with Crippen LogP contribution in [-0.4, -0.2) is 28.0 Å². The molecule has 5 nitrogen and oxygen atoms in total. The summed E-state index contributed by atoms with van der Waals surface area (Å²) in [5.74, 6) is 0.476. The summed E-state index contributed by atoms with van der Waals surface area (Å²) < 4.78 is 1.50. The lowest BCUT2D eigenvalue weighted by Gasteiger charge is -2.14. The van der Waals surface area contributed by atoms with Gasteiger partial charge in [-0.3, -0.25) is 4.40 Å². The van der Waals surface area contributed by atoms with Crippen LogP contribution >= 0.6 is 0 Å². The van der Waals surface area contributed by atoms with Crippen molar-refractivity contribution in [3.63, 3.8) is 0 Å². The monoisotopic (exact) mass is 232 g/mol. The van der Waals surface area contributed by atoms with Crippen molar-refractivity contribution in [3.8, 4) is 0 Å². The van der Waals surface area contributed by atoms with Crippen molar-refractivity contribution in [2.24, 2.45) is 0 Å². The molecule has 0 saturated carbocycles. The van der Waals surface area contributed by atoms with Gasteiger partial charge in [-0.05, 0) is 31.9 Å². The van der Waals surface area contributed by atoms with E-state index in [0.717, 1.165) is 17.7 Å². The van der Waals surface area contributed by atoms with Crippen LogP contribution in [0.1, 0.15) is 18.1 Å². The summed E-state index contributed by atoms with van der Waals surface area (Å²) in [4.78, 5) is 22.2. The third kappa shape index (κ3) is 2.00. The minimum absolute atomic E-state index is 0.280. The van der Waals surface area contributed by atoms with Gasteiger partial charge in [0.25, 0.3) is 0 Å². The fourth-order valence-electron chi connectivity index (χ4n) is 1.76. The zero-order valence-corrected chi connectivity index (χ0v) is 10.6. The van der Waals surface area contributed by atoms with Crippen LogP contribution in [0.25, 0.3) is 5.65 Å². The summed E-state index contributed by atoms with van der Waals surface area (Å²) in [7, 11) is 1.87. The van der Waals surface area contributed by atoms with Gasteiger partial charge < -0.3 is 4.90 Å². The average Bonchev–Trinajstić information content (AvgIpc) is 2.29. The summed E-state index contributed by atoms with van der Waals surface area (Å²) in [5, 5.41) is 0. The lowest BCUT2D eigenvalue weighted by Crippen LogP contribution is -2.26. The molecule has 0 atom stereocenters. The van der Waals surface area contributed by atoms with Crippen molar-refractivity contribution in [1.82, 2.24) is 14.4 Å². The summed E-state index contributed by atoms with van der Waals surface area (Å²) >= 11 is 0. The average molecular weight is 232 g/mol. The minimum atomic E-state index is -0.280. The third-order valence-electron chi connectivity index (χ3n) is 2.78. The molecule has 5 heteroatoms. The first-order chi connectivity index (χ1) is 8.02. The Morgan fingerprint density at radius 2 is 2.06 bits per heavy atom. The molecule has 0 aliphatic heterocycles. The molecule has 0 aliphatic rings. The van der Waals surface area contributed by atoms with E-state index in [4.69, 9.17) is 0 Å². The normalized spacial score (nSPS) is 10.8. The van der Waals surface area contributed by atoms with E-state index in [2.05, 4.69) is 9.97 Å². The number of hydrogen-bond donors (Lipinski definition) is 0. The number of rotatable bonds is 2. The van der Waals surface area contributed by atoms with Crippen LogP contribution < -0.4 is 10.6 Å². The molecule has 0 amide bonds. The Hall–Kier alpha value is -1.91. The first kappa shape index (κ1) is 11.6. The molecular weight excluding hydrogens is 216 g/mol. The summed E-state index contributed by atoms with van der Waals surface area (Å²) in [5.41, 5.74) is 2.40. The molecule has 0 aromatic carbocycles. The number of pyridine rings is 1. The number of hydrogen-bond acceptors (Lipinski definition) is 4. The lowest BCUT2D eigenvalue weighted by molar-refractivity contribution is 0.851. The fraction of sp³-hybridized carbons (Fsp3) is 0.417. The molecular formula is C12H16N4O. The van der Waals surface area contributed by atoms with Gasteiger partial charge in [-0.25, -0.2) is 4.79 Å². The highest BCUT2D eigenvalue weighted by atomic mass is 16.1. The second kappa shape index (κ2) is 4.16. The van der Waals surface area contributed by atoms with Gasteiger partial charge in [0.05, 0.1) is 0 Å². The fourth-order valence-corrected chi connectivity index (χ4v) is 1.76. The molecule has 2 heterocycles. The molecule has 0 bridgehead atoms. The van der Waals surface area contributed by atoms with Gasteiger partial charge in [0, 0.05) is 19.8 Å². The number of aryl methyl sites for hydroxylation is 2. The van der Waals surface area contributed by atoms with Gasteiger partial charge >= 0.3 is 5.69 Å². The van der Waals surface area contributed by atoms with Crippen LogP contribution in [0.15, 0.2) is 17.1 Å². The van der Waals surface area contributed by atoms with Crippen molar-refractivity contribution in [2.75, 3.05) is 18.5 Å². The summed E-state index contributed by atoms with van der Waals surface area (Å²) in [6.45, 7) is 6.66. The van der Waals surface area contributed by atoms with Gasteiger partial charge in [-0.1, -0.05) is 6.07 Å². The Labute approximate surface area is 99.7 Å². The van der Waals surface area contributed by atoms with Gasteiger partial charge in [-0.2, -0.15) is 9.97 Å². The van der Waals surface area contributed by atoms with E-state index in [1.54, 1.807) is 6.20 Å². The molecule has 0 saturated heterocycles. The molecule has 0 aliphatic carbocycles. The van der Waals surface area contributed by atoms with Crippen molar-refractivity contribution in [2.45, 2.75) is 20.8 Å². The first-order valence-electron chi connectivity index (χ1n) is 5.61. The second-order valence-corrected chi connectivity index (χ2v) is 4.21. The predicted molar refractivity (Wildman–Crippen MR) is 67.7 cm³/mol. The van der Waals surface area contributed by atoms with E-state index in [0.29, 0.717) is 11.6 Å². The van der Waals surface area contributed by atoms with E-state index in [1.807, 2.05) is 38.8 Å². The van der Waals surface area contributed by atoms with Crippen molar-refractivity contribution >= 4 is 11.6 Å². The van der Waals surface area contributed by atoms with E-state index >= 15 is 0 Å². The van der Waals surface area contributed by atoms with Crippen LogP contribution in [0.2, 0.25) is 0 Å². The molecule has 0 fully saturated rings. The van der Waals surface area contributed by atoms with E-state index in [9.17, 15) is 4.79 Å². The minimum Gasteiger partial charge on any atom is -0.344 e. The van der Waals surface area contributed by atoms with Gasteiger partial charge in [0.15, 0.2) is 0 Å². The van der Waals surface area contributed by atoms with Gasteiger partial charge in [0.2, 0.25) is 5.95 Å². The van der Waals surface area contributed by atoms with Crippen LogP contribution in [0.5, 0.6) is 0 Å². The molecule has 2 aromatic heterocycles. The maximum absolute atomic E-state index is 11.9. The quantitative estimate of drug-likeness (QED) is 0.779. The lowest BCUT2D eigenvalue weighted by atomic mass is 10.2. The highest BCUT2D eigenvalue weighted by Gasteiger charge is 2.09. The molecule has 17 heavy (non-hydrogen) atoms. The maximum Gasteiger partial charge on any atom is 0.356 e. The Kier molecular flexibility index (Phi) is 2.83. The molecule has 90 valence electrons. The highest BCUT2D eigenvalue weighted by Crippen LogP contribution is 2.10. The van der Waals surface area contributed by atoms with E-state index in [-0.39, 0.29) is 5.69 Å². The molecule has 0 N–H and O–H groups in total. The van der Waals surface area contributed by atoms with Crippen molar-refractivity contribution < 1.29 is 0 Å². The standard InChI is InChI=1S/C12H16N4O/c1-5-15(4)11-13-10-9(3)6-8(2)7-16(10)12(17)14-11/h6-7H,5H2,1-4H3.